The van der Waals surface area contributed by atoms with Gasteiger partial charge >= 0.3 is 6.03 Å². The normalized spacial score (nSPS) is 16.9. The largest absolute Gasteiger partial charge is 0.381 e. The van der Waals surface area contributed by atoms with Gasteiger partial charge < -0.3 is 25.7 Å². The molecule has 3 amide bonds. The van der Waals surface area contributed by atoms with Gasteiger partial charge in [-0.15, -0.1) is 0 Å². The Bertz CT molecular complexity index is 483. The Morgan fingerprint density at radius 3 is 2.73 bits per heavy atom. The van der Waals surface area contributed by atoms with Gasteiger partial charge in [0.2, 0.25) is 5.91 Å². The Labute approximate surface area is 129 Å². The summed E-state index contributed by atoms with van der Waals surface area (Å²) in [6, 6.07) is -0.280. The molecule has 8 nitrogen and oxygen atoms in total. The maximum atomic E-state index is 11.8. The second-order valence-electron chi connectivity index (χ2n) is 5.52. The van der Waals surface area contributed by atoms with Gasteiger partial charge in [-0.1, -0.05) is 0 Å². The first-order valence-electron chi connectivity index (χ1n) is 7.47. The van der Waals surface area contributed by atoms with Gasteiger partial charge in [0.05, 0.1) is 11.7 Å². The molecule has 1 aromatic heterocycles. The number of nitrogens with zero attached hydrogens (tertiary/aromatic N) is 2. The molecule has 2 rings (SSSR count). The van der Waals surface area contributed by atoms with Gasteiger partial charge in [-0.05, 0) is 19.3 Å². The summed E-state index contributed by atoms with van der Waals surface area (Å²) < 4.78 is 7.20. The highest BCUT2D eigenvalue weighted by Gasteiger charge is 2.38. The highest BCUT2D eigenvalue weighted by molar-refractivity contribution is 5.82. The molecule has 0 radical (unpaired) electrons. The molecule has 0 saturated carbocycles. The second kappa shape index (κ2) is 7.79. The molecule has 0 unspecified atom stereocenters. The standard InChI is InChI=1S/C14H23N5O3/c15-12(20)14(2-8-22-9-3-14)10-18-13(21)17-4-1-6-19-7-5-16-11-19/h5,7,11H,1-4,6,8-10H2,(H2,15,20)(H2,17,18,21). The Morgan fingerprint density at radius 1 is 1.32 bits per heavy atom. The molecule has 22 heavy (non-hydrogen) atoms. The number of imidazole rings is 1. The summed E-state index contributed by atoms with van der Waals surface area (Å²) in [6.07, 6.45) is 7.23. The molecular weight excluding hydrogens is 286 g/mol. The van der Waals surface area contributed by atoms with Crippen LogP contribution in [-0.4, -0.2) is 47.8 Å². The Balaban J connectivity index is 1.66. The van der Waals surface area contributed by atoms with E-state index in [9.17, 15) is 9.59 Å². The van der Waals surface area contributed by atoms with Gasteiger partial charge in [-0.3, -0.25) is 4.79 Å². The van der Waals surface area contributed by atoms with E-state index < -0.39 is 5.41 Å². The lowest BCUT2D eigenvalue weighted by atomic mass is 9.79. The Morgan fingerprint density at radius 2 is 2.09 bits per heavy atom. The summed E-state index contributed by atoms with van der Waals surface area (Å²) >= 11 is 0. The molecule has 1 aliphatic rings. The van der Waals surface area contributed by atoms with Crippen molar-refractivity contribution in [3.63, 3.8) is 0 Å². The number of rotatable bonds is 7. The maximum absolute atomic E-state index is 11.8. The van der Waals surface area contributed by atoms with Crippen LogP contribution in [0.3, 0.4) is 0 Å². The predicted octanol–water partition coefficient (Wildman–Crippen LogP) is -0.146. The molecule has 0 aromatic carbocycles. The zero-order valence-corrected chi connectivity index (χ0v) is 12.6. The molecule has 0 spiro atoms. The molecule has 122 valence electrons. The first-order chi connectivity index (χ1) is 10.6. The van der Waals surface area contributed by atoms with E-state index in [0.717, 1.165) is 13.0 Å². The number of carbonyl (C=O) groups excluding carboxylic acids is 2. The second-order valence-corrected chi connectivity index (χ2v) is 5.52. The molecular formula is C14H23N5O3. The molecule has 0 aliphatic carbocycles. The van der Waals surface area contributed by atoms with Crippen LogP contribution >= 0.6 is 0 Å². The lowest BCUT2D eigenvalue weighted by molar-refractivity contribution is -0.132. The van der Waals surface area contributed by atoms with Crippen molar-refractivity contribution in [2.75, 3.05) is 26.3 Å². The van der Waals surface area contributed by atoms with Gasteiger partial charge in [0.15, 0.2) is 0 Å². The van der Waals surface area contributed by atoms with Crippen LogP contribution in [0.1, 0.15) is 19.3 Å². The number of nitrogens with two attached hydrogens (primary N) is 1. The number of hydrogen-bond donors (Lipinski definition) is 3. The number of aromatic nitrogens is 2. The highest BCUT2D eigenvalue weighted by atomic mass is 16.5. The van der Waals surface area contributed by atoms with Crippen molar-refractivity contribution in [3.05, 3.63) is 18.7 Å². The monoisotopic (exact) mass is 309 g/mol. The smallest absolute Gasteiger partial charge is 0.314 e. The quantitative estimate of drug-likeness (QED) is 0.608. The summed E-state index contributed by atoms with van der Waals surface area (Å²) in [7, 11) is 0. The molecule has 0 bridgehead atoms. The molecule has 1 aliphatic heterocycles. The van der Waals surface area contributed by atoms with E-state index in [1.54, 1.807) is 12.5 Å². The van der Waals surface area contributed by atoms with Crippen molar-refractivity contribution < 1.29 is 14.3 Å². The minimum atomic E-state index is -0.688. The predicted molar refractivity (Wildman–Crippen MR) is 79.9 cm³/mol. The summed E-state index contributed by atoms with van der Waals surface area (Å²) in [5.74, 6) is -0.379. The fourth-order valence-corrected chi connectivity index (χ4v) is 2.47. The number of ether oxygens (including phenoxy) is 1. The van der Waals surface area contributed by atoms with E-state index in [1.807, 2.05) is 10.8 Å². The van der Waals surface area contributed by atoms with Crippen LogP contribution in [0.5, 0.6) is 0 Å². The van der Waals surface area contributed by atoms with Crippen molar-refractivity contribution in [3.8, 4) is 0 Å². The van der Waals surface area contributed by atoms with Crippen molar-refractivity contribution in [2.45, 2.75) is 25.8 Å². The van der Waals surface area contributed by atoms with Crippen LogP contribution in [-0.2, 0) is 16.1 Å². The number of primary amides is 1. The van der Waals surface area contributed by atoms with Gasteiger partial charge in [-0.25, -0.2) is 9.78 Å². The number of urea groups is 1. The average Bonchev–Trinajstić information content (AvgIpc) is 3.04. The van der Waals surface area contributed by atoms with Crippen molar-refractivity contribution in [1.29, 1.82) is 0 Å². The lowest BCUT2D eigenvalue weighted by Gasteiger charge is -2.34. The third kappa shape index (κ3) is 4.45. The van der Waals surface area contributed by atoms with E-state index in [1.165, 1.54) is 0 Å². The molecule has 4 N–H and O–H groups in total. The number of hydrogen-bond acceptors (Lipinski definition) is 4. The van der Waals surface area contributed by atoms with Gasteiger partial charge in [0, 0.05) is 45.2 Å². The highest BCUT2D eigenvalue weighted by Crippen LogP contribution is 2.29. The first kappa shape index (κ1) is 16.3. The van der Waals surface area contributed by atoms with Crippen LogP contribution in [0.4, 0.5) is 4.79 Å². The van der Waals surface area contributed by atoms with Crippen LogP contribution in [0, 0.1) is 5.41 Å². The molecule has 1 aromatic rings. The van der Waals surface area contributed by atoms with E-state index in [2.05, 4.69) is 15.6 Å². The van der Waals surface area contributed by atoms with E-state index >= 15 is 0 Å². The summed E-state index contributed by atoms with van der Waals surface area (Å²) in [5.41, 5.74) is 4.80. The Hall–Kier alpha value is -2.09. The van der Waals surface area contributed by atoms with Crippen LogP contribution < -0.4 is 16.4 Å². The van der Waals surface area contributed by atoms with Gasteiger partial charge in [0.1, 0.15) is 0 Å². The van der Waals surface area contributed by atoms with Gasteiger partial charge in [0.25, 0.3) is 0 Å². The molecule has 1 saturated heterocycles. The number of aryl methyl sites for hydroxylation is 1. The average molecular weight is 309 g/mol. The first-order valence-corrected chi connectivity index (χ1v) is 7.47. The van der Waals surface area contributed by atoms with E-state index in [4.69, 9.17) is 10.5 Å². The van der Waals surface area contributed by atoms with E-state index in [-0.39, 0.29) is 18.5 Å². The van der Waals surface area contributed by atoms with Crippen molar-refractivity contribution >= 4 is 11.9 Å². The number of carbonyl (C=O) groups is 2. The van der Waals surface area contributed by atoms with Gasteiger partial charge in [-0.2, -0.15) is 0 Å². The third-order valence-electron chi connectivity index (χ3n) is 4.00. The minimum absolute atomic E-state index is 0.249. The third-order valence-corrected chi connectivity index (χ3v) is 4.00. The maximum Gasteiger partial charge on any atom is 0.314 e. The molecule has 0 atom stereocenters. The van der Waals surface area contributed by atoms with Crippen LogP contribution in [0.25, 0.3) is 0 Å². The van der Waals surface area contributed by atoms with Crippen LogP contribution in [0.15, 0.2) is 18.7 Å². The molecule has 2 heterocycles. The van der Waals surface area contributed by atoms with Crippen molar-refractivity contribution in [2.24, 2.45) is 11.1 Å². The minimum Gasteiger partial charge on any atom is -0.381 e. The Kier molecular flexibility index (Phi) is 5.76. The summed E-state index contributed by atoms with van der Waals surface area (Å²) in [5, 5.41) is 5.52. The number of amides is 3. The van der Waals surface area contributed by atoms with Crippen molar-refractivity contribution in [1.82, 2.24) is 20.2 Å². The fourth-order valence-electron chi connectivity index (χ4n) is 2.47. The molecule has 8 heteroatoms. The lowest BCUT2D eigenvalue weighted by Crippen LogP contribution is -2.51. The van der Waals surface area contributed by atoms with Crippen LogP contribution in [0.2, 0.25) is 0 Å². The zero-order valence-electron chi connectivity index (χ0n) is 12.6. The number of nitrogens with one attached hydrogen (secondary N) is 2. The van der Waals surface area contributed by atoms with E-state index in [0.29, 0.717) is 32.6 Å². The fraction of sp³-hybridized carbons (Fsp3) is 0.643. The molecule has 1 fully saturated rings. The topological polar surface area (TPSA) is 111 Å². The summed E-state index contributed by atoms with van der Waals surface area (Å²) in [4.78, 5) is 27.4. The zero-order chi connectivity index (χ0) is 15.8. The SMILES string of the molecule is NC(=O)C1(CNC(=O)NCCCn2ccnc2)CCOCC1. The summed E-state index contributed by atoms with van der Waals surface area (Å²) in [6.45, 7) is 2.59.